The van der Waals surface area contributed by atoms with Crippen LogP contribution in [-0.2, 0) is 32.6 Å². The van der Waals surface area contributed by atoms with Crippen LogP contribution in [0, 0.1) is 0 Å². The molecule has 7 nitrogen and oxygen atoms in total. The summed E-state index contributed by atoms with van der Waals surface area (Å²) in [6.07, 6.45) is 7.29. The number of halogens is 2. The van der Waals surface area contributed by atoms with Crippen molar-refractivity contribution in [3.05, 3.63) is 63.6 Å². The van der Waals surface area contributed by atoms with Gasteiger partial charge in [0.2, 0.25) is 21.8 Å². The van der Waals surface area contributed by atoms with E-state index >= 15 is 0 Å². The highest BCUT2D eigenvalue weighted by Gasteiger charge is 2.33. The minimum Gasteiger partial charge on any atom is -0.352 e. The van der Waals surface area contributed by atoms with E-state index in [-0.39, 0.29) is 18.5 Å². The zero-order chi connectivity index (χ0) is 27.9. The van der Waals surface area contributed by atoms with Crippen molar-refractivity contribution in [3.63, 3.8) is 0 Å². The van der Waals surface area contributed by atoms with Crippen LogP contribution in [-0.4, -0.2) is 50.0 Å². The maximum atomic E-state index is 13.9. The zero-order valence-electron chi connectivity index (χ0n) is 22.3. The van der Waals surface area contributed by atoms with Crippen molar-refractivity contribution >= 4 is 50.7 Å². The summed E-state index contributed by atoms with van der Waals surface area (Å²) < 4.78 is 26.6. The SMILES string of the molecule is CCc1ccc(N(CC(=O)N(Cc2c(Cl)cccc2Cl)[C@H](CC)C(=O)NC2CCCCC2)S(C)(=O)=O)cc1. The standard InChI is InChI=1S/C28H37Cl2N3O4S/c1-4-20-14-16-22(17-15-20)33(38(3,36)37)19-27(34)32(18-23-24(29)12-9-13-25(23)30)26(5-2)28(35)31-21-10-7-6-8-11-21/h9,12-17,21,26H,4-8,10-11,18-19H2,1-3H3,(H,31,35)/t26-/m1/s1. The number of hydrogen-bond donors (Lipinski definition) is 1. The molecule has 3 rings (SSSR count). The van der Waals surface area contributed by atoms with Gasteiger partial charge in [-0.15, -0.1) is 0 Å². The second-order valence-electron chi connectivity index (χ2n) is 9.78. The van der Waals surface area contributed by atoms with Crippen molar-refractivity contribution in [3.8, 4) is 0 Å². The van der Waals surface area contributed by atoms with E-state index in [4.69, 9.17) is 23.2 Å². The molecule has 1 saturated carbocycles. The monoisotopic (exact) mass is 581 g/mol. The van der Waals surface area contributed by atoms with Crippen LogP contribution >= 0.6 is 23.2 Å². The Balaban J connectivity index is 1.95. The lowest BCUT2D eigenvalue weighted by atomic mass is 9.95. The second-order valence-corrected chi connectivity index (χ2v) is 12.5. The fourth-order valence-electron chi connectivity index (χ4n) is 4.83. The molecular formula is C28H37Cl2N3O4S. The van der Waals surface area contributed by atoms with Gasteiger partial charge in [-0.3, -0.25) is 13.9 Å². The van der Waals surface area contributed by atoms with Crippen molar-refractivity contribution < 1.29 is 18.0 Å². The third kappa shape index (κ3) is 7.87. The number of carbonyl (C=O) groups is 2. The minimum absolute atomic E-state index is 0.0275. The fraction of sp³-hybridized carbons (Fsp3) is 0.500. The summed E-state index contributed by atoms with van der Waals surface area (Å²) in [4.78, 5) is 28.7. The average molecular weight is 583 g/mol. The third-order valence-electron chi connectivity index (χ3n) is 7.04. The van der Waals surface area contributed by atoms with Gasteiger partial charge in [0, 0.05) is 28.2 Å². The molecule has 0 heterocycles. The highest BCUT2D eigenvalue weighted by molar-refractivity contribution is 7.92. The molecule has 38 heavy (non-hydrogen) atoms. The first-order valence-corrected chi connectivity index (χ1v) is 15.7. The average Bonchev–Trinajstić information content (AvgIpc) is 2.88. The third-order valence-corrected chi connectivity index (χ3v) is 8.89. The minimum atomic E-state index is -3.80. The van der Waals surface area contributed by atoms with E-state index in [2.05, 4.69) is 5.32 Å². The maximum Gasteiger partial charge on any atom is 0.244 e. The molecule has 1 fully saturated rings. The predicted octanol–water partition coefficient (Wildman–Crippen LogP) is 5.58. The van der Waals surface area contributed by atoms with Crippen LogP contribution < -0.4 is 9.62 Å². The van der Waals surface area contributed by atoms with Gasteiger partial charge in [0.1, 0.15) is 12.6 Å². The lowest BCUT2D eigenvalue weighted by molar-refractivity contribution is -0.140. The predicted molar refractivity (Wildman–Crippen MR) is 154 cm³/mol. The molecule has 1 aliphatic rings. The van der Waals surface area contributed by atoms with Crippen molar-refractivity contribution in [2.75, 3.05) is 17.1 Å². The Bertz CT molecular complexity index is 1190. The number of hydrogen-bond acceptors (Lipinski definition) is 4. The molecule has 0 unspecified atom stereocenters. The van der Waals surface area contributed by atoms with Crippen LogP contribution in [0.4, 0.5) is 5.69 Å². The number of anilines is 1. The van der Waals surface area contributed by atoms with Gasteiger partial charge in [-0.2, -0.15) is 0 Å². The van der Waals surface area contributed by atoms with Gasteiger partial charge < -0.3 is 10.2 Å². The maximum absolute atomic E-state index is 13.9. The number of sulfonamides is 1. The summed E-state index contributed by atoms with van der Waals surface area (Å²) in [6.45, 7) is 3.35. The lowest BCUT2D eigenvalue weighted by Crippen LogP contribution is -2.54. The molecule has 10 heteroatoms. The molecule has 0 aliphatic heterocycles. The van der Waals surface area contributed by atoms with Crippen LogP contribution in [0.5, 0.6) is 0 Å². The van der Waals surface area contributed by atoms with Crippen molar-refractivity contribution in [1.82, 2.24) is 10.2 Å². The molecule has 208 valence electrons. The largest absolute Gasteiger partial charge is 0.352 e. The number of nitrogens with one attached hydrogen (secondary N) is 1. The van der Waals surface area contributed by atoms with Crippen LogP contribution in [0.15, 0.2) is 42.5 Å². The van der Waals surface area contributed by atoms with Crippen molar-refractivity contribution in [1.29, 1.82) is 0 Å². The first-order chi connectivity index (χ1) is 18.0. The van der Waals surface area contributed by atoms with Crippen molar-refractivity contribution in [2.24, 2.45) is 0 Å². The number of carbonyl (C=O) groups excluding carboxylic acids is 2. The van der Waals surface area contributed by atoms with Gasteiger partial charge in [-0.1, -0.05) is 74.5 Å². The van der Waals surface area contributed by atoms with Crippen LogP contribution in [0.3, 0.4) is 0 Å². The number of amides is 2. The van der Waals surface area contributed by atoms with Gasteiger partial charge in [0.05, 0.1) is 11.9 Å². The highest BCUT2D eigenvalue weighted by Crippen LogP contribution is 2.28. The second kappa shape index (κ2) is 13.7. The molecule has 0 saturated heterocycles. The normalized spacial score (nSPS) is 15.1. The van der Waals surface area contributed by atoms with Gasteiger partial charge in [0.15, 0.2) is 0 Å². The van der Waals surface area contributed by atoms with Crippen LogP contribution in [0.1, 0.15) is 63.5 Å². The summed E-state index contributed by atoms with van der Waals surface area (Å²) in [6, 6.07) is 11.4. The molecular weight excluding hydrogens is 545 g/mol. The van der Waals surface area contributed by atoms with E-state index < -0.39 is 28.5 Å². The molecule has 0 spiro atoms. The number of nitrogens with zero attached hydrogens (tertiary/aromatic N) is 2. The highest BCUT2D eigenvalue weighted by atomic mass is 35.5. The molecule has 0 aromatic heterocycles. The molecule has 1 aliphatic carbocycles. The van der Waals surface area contributed by atoms with E-state index in [1.807, 2.05) is 26.0 Å². The quantitative estimate of drug-likeness (QED) is 0.375. The topological polar surface area (TPSA) is 86.8 Å². The van der Waals surface area contributed by atoms with Gasteiger partial charge >= 0.3 is 0 Å². The molecule has 0 bridgehead atoms. The van der Waals surface area contributed by atoms with E-state index in [1.165, 1.54) is 4.90 Å². The summed E-state index contributed by atoms with van der Waals surface area (Å²) in [5, 5.41) is 3.85. The summed E-state index contributed by atoms with van der Waals surface area (Å²) >= 11 is 12.9. The molecule has 2 aromatic carbocycles. The Morgan fingerprint density at radius 2 is 1.61 bits per heavy atom. The summed E-state index contributed by atoms with van der Waals surface area (Å²) in [5.74, 6) is -0.772. The Labute approximate surface area is 236 Å². The van der Waals surface area contributed by atoms with E-state index in [0.29, 0.717) is 27.7 Å². The molecule has 2 amide bonds. The Morgan fingerprint density at radius 1 is 1.00 bits per heavy atom. The Hall–Kier alpha value is -2.29. The van der Waals surface area contributed by atoms with Crippen molar-refractivity contribution in [2.45, 2.75) is 77.4 Å². The van der Waals surface area contributed by atoms with Gasteiger partial charge in [0.25, 0.3) is 0 Å². The molecule has 2 aromatic rings. The fourth-order valence-corrected chi connectivity index (χ4v) is 6.20. The molecule has 0 radical (unpaired) electrons. The Kier molecular flexibility index (Phi) is 10.9. The Morgan fingerprint density at radius 3 is 2.13 bits per heavy atom. The van der Waals surface area contributed by atoms with E-state index in [1.54, 1.807) is 30.3 Å². The zero-order valence-corrected chi connectivity index (χ0v) is 24.6. The van der Waals surface area contributed by atoms with E-state index in [9.17, 15) is 18.0 Å². The first kappa shape index (κ1) is 30.3. The number of aryl methyl sites for hydroxylation is 1. The smallest absolute Gasteiger partial charge is 0.244 e. The molecule has 1 atom stereocenters. The van der Waals surface area contributed by atoms with Crippen LogP contribution in [0.25, 0.3) is 0 Å². The first-order valence-electron chi connectivity index (χ1n) is 13.1. The number of benzene rings is 2. The van der Waals surface area contributed by atoms with Gasteiger partial charge in [-0.25, -0.2) is 8.42 Å². The summed E-state index contributed by atoms with van der Waals surface area (Å²) in [7, 11) is -3.80. The van der Waals surface area contributed by atoms with Gasteiger partial charge in [-0.05, 0) is 55.5 Å². The lowest BCUT2D eigenvalue weighted by Gasteiger charge is -2.34. The number of rotatable bonds is 11. The summed E-state index contributed by atoms with van der Waals surface area (Å²) in [5.41, 5.74) is 1.94. The molecule has 1 N–H and O–H groups in total. The van der Waals surface area contributed by atoms with Crippen LogP contribution in [0.2, 0.25) is 10.0 Å². The van der Waals surface area contributed by atoms with E-state index in [0.717, 1.165) is 54.6 Å².